The smallest absolute Gasteiger partial charge is 0.247 e. The number of benzene rings is 2. The van der Waals surface area contributed by atoms with Gasteiger partial charge < -0.3 is 4.42 Å². The Morgan fingerprint density at radius 2 is 1.93 bits per heavy atom. The molecule has 0 radical (unpaired) electrons. The molecule has 2 aromatic carbocycles. The standard InChI is InChI=1S/C19H18FN3O3S/c1-13-21-22-19(26-13)15-4-2-5-17(12-15)27(24,25)23-11-3-6-18(23)14-7-9-16(20)10-8-14/h2,4-5,7-10,12,18H,3,6,11H2,1H3. The summed E-state index contributed by atoms with van der Waals surface area (Å²) in [7, 11) is -3.72. The van der Waals surface area contributed by atoms with Gasteiger partial charge in [0.15, 0.2) is 0 Å². The van der Waals surface area contributed by atoms with E-state index < -0.39 is 10.0 Å². The summed E-state index contributed by atoms with van der Waals surface area (Å²) in [6.45, 7) is 2.10. The number of nitrogens with zero attached hydrogens (tertiary/aromatic N) is 3. The van der Waals surface area contributed by atoms with Gasteiger partial charge in [-0.1, -0.05) is 18.2 Å². The van der Waals surface area contributed by atoms with E-state index in [0.717, 1.165) is 12.0 Å². The molecule has 2 heterocycles. The Kier molecular flexibility index (Phi) is 4.53. The minimum absolute atomic E-state index is 0.171. The molecule has 1 fully saturated rings. The molecule has 1 saturated heterocycles. The van der Waals surface area contributed by atoms with Gasteiger partial charge in [-0.2, -0.15) is 4.31 Å². The minimum atomic E-state index is -3.72. The van der Waals surface area contributed by atoms with Crippen LogP contribution in [-0.2, 0) is 10.0 Å². The third kappa shape index (κ3) is 3.38. The molecule has 1 aromatic heterocycles. The molecule has 27 heavy (non-hydrogen) atoms. The zero-order valence-electron chi connectivity index (χ0n) is 14.7. The number of halogens is 1. The van der Waals surface area contributed by atoms with Gasteiger partial charge in [-0.15, -0.1) is 10.2 Å². The normalized spacial score (nSPS) is 18.1. The van der Waals surface area contributed by atoms with Crippen LogP contribution in [0.1, 0.15) is 30.3 Å². The molecule has 0 bridgehead atoms. The van der Waals surface area contributed by atoms with Crippen LogP contribution in [0, 0.1) is 12.7 Å². The van der Waals surface area contributed by atoms with Gasteiger partial charge in [-0.05, 0) is 48.7 Å². The molecule has 6 nitrogen and oxygen atoms in total. The number of hydrogen-bond donors (Lipinski definition) is 0. The fraction of sp³-hybridized carbons (Fsp3) is 0.263. The van der Waals surface area contributed by atoms with E-state index in [1.807, 2.05) is 0 Å². The van der Waals surface area contributed by atoms with Crippen molar-refractivity contribution in [3.63, 3.8) is 0 Å². The number of sulfonamides is 1. The summed E-state index contributed by atoms with van der Waals surface area (Å²) < 4.78 is 46.6. The first-order chi connectivity index (χ1) is 12.9. The van der Waals surface area contributed by atoms with Gasteiger partial charge in [-0.3, -0.25) is 0 Å². The molecule has 1 aliphatic heterocycles. The summed E-state index contributed by atoms with van der Waals surface area (Å²) in [6, 6.07) is 12.2. The van der Waals surface area contributed by atoms with Gasteiger partial charge in [-0.25, -0.2) is 12.8 Å². The van der Waals surface area contributed by atoms with Crippen LogP contribution in [0.2, 0.25) is 0 Å². The van der Waals surface area contributed by atoms with Gasteiger partial charge in [0, 0.05) is 19.0 Å². The van der Waals surface area contributed by atoms with Crippen LogP contribution >= 0.6 is 0 Å². The third-order valence-electron chi connectivity index (χ3n) is 4.67. The molecule has 1 atom stereocenters. The number of hydrogen-bond acceptors (Lipinski definition) is 5. The fourth-order valence-corrected chi connectivity index (χ4v) is 5.11. The molecule has 0 saturated carbocycles. The first kappa shape index (κ1) is 17.8. The van der Waals surface area contributed by atoms with Crippen molar-refractivity contribution in [3.05, 3.63) is 65.8 Å². The maximum Gasteiger partial charge on any atom is 0.247 e. The average Bonchev–Trinajstić information content (AvgIpc) is 3.32. The predicted molar refractivity (Wildman–Crippen MR) is 96.7 cm³/mol. The summed E-state index contributed by atoms with van der Waals surface area (Å²) >= 11 is 0. The van der Waals surface area contributed by atoms with E-state index in [1.165, 1.54) is 16.4 Å². The van der Waals surface area contributed by atoms with Gasteiger partial charge in [0.1, 0.15) is 5.82 Å². The quantitative estimate of drug-likeness (QED) is 0.682. The minimum Gasteiger partial charge on any atom is -0.421 e. The largest absolute Gasteiger partial charge is 0.421 e. The topological polar surface area (TPSA) is 76.3 Å². The van der Waals surface area contributed by atoms with Gasteiger partial charge in [0.25, 0.3) is 0 Å². The van der Waals surface area contributed by atoms with Crippen LogP contribution in [-0.4, -0.2) is 29.5 Å². The highest BCUT2D eigenvalue weighted by Crippen LogP contribution is 2.37. The van der Waals surface area contributed by atoms with E-state index in [1.54, 1.807) is 43.3 Å². The zero-order chi connectivity index (χ0) is 19.0. The SMILES string of the molecule is Cc1nnc(-c2cccc(S(=O)(=O)N3CCCC3c3ccc(F)cc3)c2)o1. The van der Waals surface area contributed by atoms with Gasteiger partial charge >= 0.3 is 0 Å². The van der Waals surface area contributed by atoms with E-state index >= 15 is 0 Å². The molecule has 140 valence electrons. The van der Waals surface area contributed by atoms with Crippen molar-refractivity contribution in [1.82, 2.24) is 14.5 Å². The molecule has 0 amide bonds. The highest BCUT2D eigenvalue weighted by atomic mass is 32.2. The Labute approximate surface area is 156 Å². The van der Waals surface area contributed by atoms with Crippen LogP contribution in [0.3, 0.4) is 0 Å². The lowest BCUT2D eigenvalue weighted by molar-refractivity contribution is 0.396. The Hall–Kier alpha value is -2.58. The van der Waals surface area contributed by atoms with Crippen LogP contribution in [0.15, 0.2) is 57.8 Å². The highest BCUT2D eigenvalue weighted by Gasteiger charge is 2.36. The Bertz CT molecular complexity index is 1060. The Morgan fingerprint density at radius 1 is 1.15 bits per heavy atom. The fourth-order valence-electron chi connectivity index (χ4n) is 3.38. The number of rotatable bonds is 4. The van der Waals surface area contributed by atoms with E-state index in [4.69, 9.17) is 4.42 Å². The monoisotopic (exact) mass is 387 g/mol. The number of aromatic nitrogens is 2. The molecule has 3 aromatic rings. The van der Waals surface area contributed by atoms with Crippen LogP contribution in [0.4, 0.5) is 4.39 Å². The maximum absolute atomic E-state index is 13.3. The summed E-state index contributed by atoms with van der Waals surface area (Å²) in [5.74, 6) is 0.351. The molecule has 4 rings (SSSR count). The van der Waals surface area contributed by atoms with Crippen LogP contribution < -0.4 is 0 Å². The molecule has 0 spiro atoms. The van der Waals surface area contributed by atoms with Crippen LogP contribution in [0.5, 0.6) is 0 Å². The molecule has 0 N–H and O–H groups in total. The van der Waals surface area contributed by atoms with Crippen molar-refractivity contribution in [2.45, 2.75) is 30.7 Å². The van der Waals surface area contributed by atoms with Crippen molar-refractivity contribution in [2.75, 3.05) is 6.54 Å². The van der Waals surface area contributed by atoms with Crippen molar-refractivity contribution < 1.29 is 17.2 Å². The van der Waals surface area contributed by atoms with Crippen molar-refractivity contribution >= 4 is 10.0 Å². The second-order valence-electron chi connectivity index (χ2n) is 6.48. The zero-order valence-corrected chi connectivity index (χ0v) is 15.5. The average molecular weight is 387 g/mol. The summed E-state index contributed by atoms with van der Waals surface area (Å²) in [5, 5.41) is 7.73. The first-order valence-electron chi connectivity index (χ1n) is 8.63. The lowest BCUT2D eigenvalue weighted by Crippen LogP contribution is -2.30. The third-order valence-corrected chi connectivity index (χ3v) is 6.58. The van der Waals surface area contributed by atoms with Gasteiger partial charge in [0.2, 0.25) is 21.8 Å². The predicted octanol–water partition coefficient (Wildman–Crippen LogP) is 3.71. The lowest BCUT2D eigenvalue weighted by Gasteiger charge is -2.24. The Balaban J connectivity index is 1.69. The molecular weight excluding hydrogens is 369 g/mol. The van der Waals surface area contributed by atoms with E-state index in [9.17, 15) is 12.8 Å². The van der Waals surface area contributed by atoms with Crippen molar-refractivity contribution in [2.24, 2.45) is 0 Å². The lowest BCUT2D eigenvalue weighted by atomic mass is 10.1. The second-order valence-corrected chi connectivity index (χ2v) is 8.37. The highest BCUT2D eigenvalue weighted by molar-refractivity contribution is 7.89. The summed E-state index contributed by atoms with van der Waals surface area (Å²) in [4.78, 5) is 0.171. The molecule has 0 aliphatic carbocycles. The first-order valence-corrected chi connectivity index (χ1v) is 10.1. The van der Waals surface area contributed by atoms with Crippen LogP contribution in [0.25, 0.3) is 11.5 Å². The summed E-state index contributed by atoms with van der Waals surface area (Å²) in [6.07, 6.45) is 1.46. The molecule has 1 aliphatic rings. The maximum atomic E-state index is 13.3. The molecular formula is C19H18FN3O3S. The van der Waals surface area contributed by atoms with Crippen molar-refractivity contribution in [1.29, 1.82) is 0 Å². The van der Waals surface area contributed by atoms with Crippen molar-refractivity contribution in [3.8, 4) is 11.5 Å². The Morgan fingerprint density at radius 3 is 2.63 bits per heavy atom. The molecule has 8 heteroatoms. The molecule has 1 unspecified atom stereocenters. The van der Waals surface area contributed by atoms with E-state index in [-0.39, 0.29) is 22.6 Å². The summed E-state index contributed by atoms with van der Waals surface area (Å²) in [5.41, 5.74) is 1.34. The number of aryl methyl sites for hydroxylation is 1. The second kappa shape index (κ2) is 6.86. The van der Waals surface area contributed by atoms with E-state index in [2.05, 4.69) is 10.2 Å². The van der Waals surface area contributed by atoms with Gasteiger partial charge in [0.05, 0.1) is 10.9 Å². The van der Waals surface area contributed by atoms with E-state index in [0.29, 0.717) is 24.4 Å².